The molecule has 1 aromatic carbocycles. The molecule has 0 bridgehead atoms. The van der Waals surface area contributed by atoms with Crippen molar-refractivity contribution in [1.82, 2.24) is 5.32 Å². The second-order valence-electron chi connectivity index (χ2n) is 4.81. The van der Waals surface area contributed by atoms with E-state index in [1.807, 2.05) is 13.8 Å². The lowest BCUT2D eigenvalue weighted by Gasteiger charge is -2.14. The number of carbonyl (C=O) groups is 2. The van der Waals surface area contributed by atoms with Crippen molar-refractivity contribution in [2.24, 2.45) is 5.92 Å². The molecule has 0 aliphatic heterocycles. The van der Waals surface area contributed by atoms with Crippen LogP contribution in [0.5, 0.6) is 0 Å². The number of amides is 1. The van der Waals surface area contributed by atoms with Crippen LogP contribution in [-0.2, 0) is 9.59 Å². The van der Waals surface area contributed by atoms with E-state index < -0.39 is 17.7 Å². The molecular formula is C14H18FNO3. The van der Waals surface area contributed by atoms with Crippen molar-refractivity contribution in [2.75, 3.05) is 6.54 Å². The third-order valence-corrected chi connectivity index (χ3v) is 2.68. The lowest BCUT2D eigenvalue weighted by molar-refractivity contribution is -0.140. The van der Waals surface area contributed by atoms with Gasteiger partial charge in [0.2, 0.25) is 5.91 Å². The van der Waals surface area contributed by atoms with Gasteiger partial charge in [0.25, 0.3) is 0 Å². The summed E-state index contributed by atoms with van der Waals surface area (Å²) in [7, 11) is 0. The highest BCUT2D eigenvalue weighted by Crippen LogP contribution is 2.22. The fourth-order valence-electron chi connectivity index (χ4n) is 1.66. The lowest BCUT2D eigenvalue weighted by atomic mass is 9.95. The molecule has 5 heteroatoms. The maximum Gasteiger partial charge on any atom is 0.311 e. The molecular weight excluding hydrogens is 249 g/mol. The third-order valence-electron chi connectivity index (χ3n) is 2.68. The van der Waals surface area contributed by atoms with Crippen LogP contribution in [0.4, 0.5) is 4.39 Å². The average molecular weight is 267 g/mol. The molecule has 19 heavy (non-hydrogen) atoms. The van der Waals surface area contributed by atoms with Gasteiger partial charge in [0, 0.05) is 18.5 Å². The van der Waals surface area contributed by atoms with E-state index in [0.29, 0.717) is 6.54 Å². The van der Waals surface area contributed by atoms with Crippen molar-refractivity contribution in [3.8, 4) is 0 Å². The summed E-state index contributed by atoms with van der Waals surface area (Å²) < 4.78 is 13.6. The SMILES string of the molecule is CC(C)CNC(=O)CC(C(=O)O)c1ccccc1F. The van der Waals surface area contributed by atoms with E-state index in [1.165, 1.54) is 18.2 Å². The maximum atomic E-state index is 13.6. The zero-order valence-electron chi connectivity index (χ0n) is 11.0. The fourth-order valence-corrected chi connectivity index (χ4v) is 1.66. The number of rotatable bonds is 6. The first kappa shape index (κ1) is 15.1. The van der Waals surface area contributed by atoms with Gasteiger partial charge in [0.1, 0.15) is 5.82 Å². The van der Waals surface area contributed by atoms with Crippen molar-refractivity contribution in [3.05, 3.63) is 35.6 Å². The Hall–Kier alpha value is -1.91. The number of hydrogen-bond acceptors (Lipinski definition) is 2. The number of halogens is 1. The minimum absolute atomic E-state index is 0.0368. The zero-order chi connectivity index (χ0) is 14.4. The summed E-state index contributed by atoms with van der Waals surface area (Å²) in [6.07, 6.45) is -0.261. The van der Waals surface area contributed by atoms with Crippen molar-refractivity contribution in [1.29, 1.82) is 0 Å². The molecule has 0 heterocycles. The van der Waals surface area contributed by atoms with Crippen LogP contribution in [0.1, 0.15) is 31.7 Å². The molecule has 104 valence electrons. The quantitative estimate of drug-likeness (QED) is 0.830. The largest absolute Gasteiger partial charge is 0.481 e. The summed E-state index contributed by atoms with van der Waals surface area (Å²) in [5.41, 5.74) is 0.0368. The molecule has 4 nitrogen and oxygen atoms in total. The van der Waals surface area contributed by atoms with E-state index in [2.05, 4.69) is 5.32 Å². The van der Waals surface area contributed by atoms with Gasteiger partial charge in [-0.05, 0) is 12.0 Å². The number of nitrogens with one attached hydrogen (secondary N) is 1. The van der Waals surface area contributed by atoms with Gasteiger partial charge < -0.3 is 10.4 Å². The first-order valence-corrected chi connectivity index (χ1v) is 6.15. The highest BCUT2D eigenvalue weighted by atomic mass is 19.1. The van der Waals surface area contributed by atoms with Gasteiger partial charge >= 0.3 is 5.97 Å². The van der Waals surface area contributed by atoms with Gasteiger partial charge in [-0.1, -0.05) is 32.0 Å². The van der Waals surface area contributed by atoms with E-state index >= 15 is 0 Å². The van der Waals surface area contributed by atoms with Crippen molar-refractivity contribution >= 4 is 11.9 Å². The minimum Gasteiger partial charge on any atom is -0.481 e. The van der Waals surface area contributed by atoms with Crippen LogP contribution in [0.2, 0.25) is 0 Å². The van der Waals surface area contributed by atoms with Crippen LogP contribution in [0.15, 0.2) is 24.3 Å². The molecule has 0 aliphatic rings. The lowest BCUT2D eigenvalue weighted by Crippen LogP contribution is -2.30. The van der Waals surface area contributed by atoms with Gasteiger partial charge in [0.15, 0.2) is 0 Å². The van der Waals surface area contributed by atoms with Gasteiger partial charge in [0.05, 0.1) is 5.92 Å². The van der Waals surface area contributed by atoms with Crippen molar-refractivity contribution < 1.29 is 19.1 Å². The third kappa shape index (κ3) is 4.69. The summed E-state index contributed by atoms with van der Waals surface area (Å²) in [6.45, 7) is 4.35. The number of benzene rings is 1. The standard InChI is InChI=1S/C14H18FNO3/c1-9(2)8-16-13(17)7-11(14(18)19)10-5-3-4-6-12(10)15/h3-6,9,11H,7-8H2,1-2H3,(H,16,17)(H,18,19). The topological polar surface area (TPSA) is 66.4 Å². The smallest absolute Gasteiger partial charge is 0.311 e. The molecule has 0 saturated heterocycles. The minimum atomic E-state index is -1.20. The molecule has 1 aromatic rings. The van der Waals surface area contributed by atoms with Gasteiger partial charge in [-0.25, -0.2) is 4.39 Å². The Bertz CT molecular complexity index is 460. The molecule has 1 unspecified atom stereocenters. The molecule has 0 aromatic heterocycles. The number of carboxylic acid groups (broad SMARTS) is 1. The molecule has 0 saturated carbocycles. The van der Waals surface area contributed by atoms with Crippen LogP contribution in [0.3, 0.4) is 0 Å². The van der Waals surface area contributed by atoms with E-state index in [-0.39, 0.29) is 23.8 Å². The molecule has 2 N–H and O–H groups in total. The first-order valence-electron chi connectivity index (χ1n) is 6.15. The van der Waals surface area contributed by atoms with Crippen LogP contribution < -0.4 is 5.32 Å². The van der Waals surface area contributed by atoms with Crippen LogP contribution in [0, 0.1) is 11.7 Å². The number of carboxylic acids is 1. The van der Waals surface area contributed by atoms with E-state index in [4.69, 9.17) is 5.11 Å². The average Bonchev–Trinajstić information content (AvgIpc) is 2.34. The maximum absolute atomic E-state index is 13.6. The van der Waals surface area contributed by atoms with Gasteiger partial charge in [-0.2, -0.15) is 0 Å². The molecule has 0 aliphatic carbocycles. The monoisotopic (exact) mass is 267 g/mol. The predicted octanol–water partition coefficient (Wildman–Crippen LogP) is 2.16. The van der Waals surface area contributed by atoms with Crippen LogP contribution >= 0.6 is 0 Å². The van der Waals surface area contributed by atoms with E-state index in [1.54, 1.807) is 6.07 Å². The Labute approximate surface area is 111 Å². The summed E-state index contributed by atoms with van der Waals surface area (Å²) >= 11 is 0. The number of hydrogen-bond donors (Lipinski definition) is 2. The molecule has 0 fully saturated rings. The van der Waals surface area contributed by atoms with E-state index in [0.717, 1.165) is 0 Å². The Balaban J connectivity index is 2.77. The molecule has 1 rings (SSSR count). The number of carbonyl (C=O) groups excluding carboxylic acids is 1. The second kappa shape index (κ2) is 6.87. The second-order valence-corrected chi connectivity index (χ2v) is 4.81. The molecule has 1 amide bonds. The summed E-state index contributed by atoms with van der Waals surface area (Å²) in [5.74, 6) is -3.07. The highest BCUT2D eigenvalue weighted by Gasteiger charge is 2.25. The zero-order valence-corrected chi connectivity index (χ0v) is 11.0. The van der Waals surface area contributed by atoms with Gasteiger partial charge in [-0.15, -0.1) is 0 Å². The molecule has 0 spiro atoms. The summed E-state index contributed by atoms with van der Waals surface area (Å²) in [4.78, 5) is 22.8. The van der Waals surface area contributed by atoms with Gasteiger partial charge in [-0.3, -0.25) is 9.59 Å². The Morgan fingerprint density at radius 1 is 1.32 bits per heavy atom. The van der Waals surface area contributed by atoms with Crippen molar-refractivity contribution in [2.45, 2.75) is 26.2 Å². The Morgan fingerprint density at radius 2 is 1.95 bits per heavy atom. The Kier molecular flexibility index (Phi) is 5.48. The van der Waals surface area contributed by atoms with Crippen molar-refractivity contribution in [3.63, 3.8) is 0 Å². The highest BCUT2D eigenvalue weighted by molar-refractivity contribution is 5.85. The van der Waals surface area contributed by atoms with Crippen LogP contribution in [-0.4, -0.2) is 23.5 Å². The first-order chi connectivity index (χ1) is 8.91. The van der Waals surface area contributed by atoms with Crippen LogP contribution in [0.25, 0.3) is 0 Å². The fraction of sp³-hybridized carbons (Fsp3) is 0.429. The number of aliphatic carboxylic acids is 1. The normalized spacial score (nSPS) is 12.2. The predicted molar refractivity (Wildman–Crippen MR) is 69.2 cm³/mol. The Morgan fingerprint density at radius 3 is 2.47 bits per heavy atom. The molecule has 0 radical (unpaired) electrons. The van der Waals surface area contributed by atoms with E-state index in [9.17, 15) is 14.0 Å². The summed E-state index contributed by atoms with van der Waals surface area (Å²) in [5, 5.41) is 11.8. The summed E-state index contributed by atoms with van der Waals surface area (Å²) in [6, 6.07) is 5.62. The molecule has 1 atom stereocenters.